The number of rotatable bonds is 10. The zero-order chi connectivity index (χ0) is 11.6. The fourth-order valence-corrected chi connectivity index (χ4v) is 3.56. The molecule has 0 rings (SSSR count). The van der Waals surface area contributed by atoms with Gasteiger partial charge < -0.3 is 13.3 Å². The van der Waals surface area contributed by atoms with E-state index in [1.807, 2.05) is 0 Å². The highest BCUT2D eigenvalue weighted by Crippen LogP contribution is 2.16. The lowest BCUT2D eigenvalue weighted by Crippen LogP contribution is -2.43. The normalized spacial score (nSPS) is 12.0. The lowest BCUT2D eigenvalue weighted by atomic mass is 10.2. The molecule has 0 aliphatic heterocycles. The summed E-state index contributed by atoms with van der Waals surface area (Å²) in [5, 5.41) is 0. The van der Waals surface area contributed by atoms with Crippen LogP contribution in [0.25, 0.3) is 0 Å². The van der Waals surface area contributed by atoms with Crippen LogP contribution in [-0.2, 0) is 13.3 Å². The first-order valence-corrected chi connectivity index (χ1v) is 7.92. The molecule has 92 valence electrons. The van der Waals surface area contributed by atoms with E-state index in [1.165, 1.54) is 19.3 Å². The van der Waals surface area contributed by atoms with Crippen molar-refractivity contribution in [3.8, 4) is 0 Å². The maximum absolute atomic E-state index is 5.81. The van der Waals surface area contributed by atoms with Gasteiger partial charge in [0.05, 0.1) is 0 Å². The molecule has 0 amide bonds. The maximum atomic E-state index is 5.81. The fraction of sp³-hybridized carbons (Fsp3) is 1.00. The molecule has 0 radical (unpaired) electrons. The first kappa shape index (κ1) is 15.1. The van der Waals surface area contributed by atoms with Gasteiger partial charge in [-0.2, -0.15) is 0 Å². The molecule has 0 saturated carbocycles. The summed E-state index contributed by atoms with van der Waals surface area (Å²) in [5.74, 6) is 0. The third-order valence-corrected chi connectivity index (χ3v) is 5.50. The minimum absolute atomic E-state index is 0.772. The van der Waals surface area contributed by atoms with Crippen molar-refractivity contribution in [2.75, 3.05) is 20.8 Å². The first-order valence-electron chi connectivity index (χ1n) is 5.99. The van der Waals surface area contributed by atoms with Crippen molar-refractivity contribution < 1.29 is 13.3 Å². The van der Waals surface area contributed by atoms with Gasteiger partial charge in [-0.3, -0.25) is 0 Å². The molecule has 0 aliphatic carbocycles. The first-order chi connectivity index (χ1) is 7.24. The summed E-state index contributed by atoms with van der Waals surface area (Å²) in [7, 11) is 1.08. The number of hydrogen-bond donors (Lipinski definition) is 0. The van der Waals surface area contributed by atoms with Crippen LogP contribution in [0.2, 0.25) is 6.04 Å². The van der Waals surface area contributed by atoms with Gasteiger partial charge in [-0.05, 0) is 6.42 Å². The lowest BCUT2D eigenvalue weighted by molar-refractivity contribution is 0.0961. The van der Waals surface area contributed by atoms with E-state index >= 15 is 0 Å². The minimum atomic E-state index is -2.30. The summed E-state index contributed by atoms with van der Waals surface area (Å²) in [4.78, 5) is 0. The van der Waals surface area contributed by atoms with Crippen molar-refractivity contribution in [2.24, 2.45) is 0 Å². The molecular weight excluding hydrogens is 208 g/mol. The van der Waals surface area contributed by atoms with Crippen LogP contribution in [-0.4, -0.2) is 29.6 Å². The van der Waals surface area contributed by atoms with E-state index in [4.69, 9.17) is 13.3 Å². The average Bonchev–Trinajstić information content (AvgIpc) is 2.27. The van der Waals surface area contributed by atoms with Crippen LogP contribution >= 0.6 is 0 Å². The molecule has 4 heteroatoms. The van der Waals surface area contributed by atoms with Crippen molar-refractivity contribution >= 4 is 8.80 Å². The summed E-state index contributed by atoms with van der Waals surface area (Å²) in [5.41, 5.74) is 0. The van der Waals surface area contributed by atoms with Gasteiger partial charge in [0, 0.05) is 26.9 Å². The van der Waals surface area contributed by atoms with Crippen LogP contribution in [0.1, 0.15) is 46.0 Å². The third-order valence-electron chi connectivity index (χ3n) is 2.50. The Hall–Kier alpha value is 0.0969. The van der Waals surface area contributed by atoms with E-state index in [0.717, 1.165) is 25.5 Å². The fourth-order valence-electron chi connectivity index (χ4n) is 1.54. The molecule has 15 heavy (non-hydrogen) atoms. The highest BCUT2D eigenvalue weighted by Gasteiger charge is 2.37. The third kappa shape index (κ3) is 6.30. The van der Waals surface area contributed by atoms with Gasteiger partial charge in [0.2, 0.25) is 0 Å². The molecule has 0 spiro atoms. The van der Waals surface area contributed by atoms with Gasteiger partial charge in [-0.25, -0.2) is 0 Å². The molecule has 3 nitrogen and oxygen atoms in total. The lowest BCUT2D eigenvalue weighted by Gasteiger charge is -2.25. The highest BCUT2D eigenvalue weighted by atomic mass is 28.4. The molecule has 0 aromatic carbocycles. The topological polar surface area (TPSA) is 27.7 Å². The zero-order valence-electron chi connectivity index (χ0n) is 10.7. The molecule has 0 atom stereocenters. The van der Waals surface area contributed by atoms with E-state index in [9.17, 15) is 0 Å². The molecule has 0 aromatic heterocycles. The summed E-state index contributed by atoms with van der Waals surface area (Å²) < 4.78 is 16.7. The van der Waals surface area contributed by atoms with Crippen molar-refractivity contribution in [2.45, 2.75) is 52.0 Å². The molecule has 0 heterocycles. The van der Waals surface area contributed by atoms with E-state index in [1.54, 1.807) is 14.2 Å². The monoisotopic (exact) mass is 234 g/mol. The van der Waals surface area contributed by atoms with E-state index in [-0.39, 0.29) is 0 Å². The number of hydrogen-bond acceptors (Lipinski definition) is 3. The Kier molecular flexibility index (Phi) is 9.39. The van der Waals surface area contributed by atoms with Crippen molar-refractivity contribution in [1.29, 1.82) is 0 Å². The second kappa shape index (κ2) is 9.33. The molecular formula is C11H26O3Si. The Labute approximate surface area is 95.5 Å². The van der Waals surface area contributed by atoms with Gasteiger partial charge in [-0.15, -0.1) is 0 Å². The predicted octanol–water partition coefficient (Wildman–Crippen LogP) is 3.23. The predicted molar refractivity (Wildman–Crippen MR) is 65.0 cm³/mol. The van der Waals surface area contributed by atoms with Crippen LogP contribution in [0.5, 0.6) is 0 Å². The smallest absolute Gasteiger partial charge is 0.377 e. The van der Waals surface area contributed by atoms with Crippen LogP contribution in [0.4, 0.5) is 0 Å². The SMILES string of the molecule is CCCCCCO[Si](CCC)(OC)OC. The van der Waals surface area contributed by atoms with Gasteiger partial charge in [0.1, 0.15) is 0 Å². The Morgan fingerprint density at radius 1 is 0.867 bits per heavy atom. The van der Waals surface area contributed by atoms with Crippen LogP contribution in [0.15, 0.2) is 0 Å². The maximum Gasteiger partial charge on any atom is 0.500 e. The van der Waals surface area contributed by atoms with Gasteiger partial charge >= 0.3 is 8.80 Å². The van der Waals surface area contributed by atoms with Crippen LogP contribution in [0.3, 0.4) is 0 Å². The Morgan fingerprint density at radius 2 is 1.53 bits per heavy atom. The quantitative estimate of drug-likeness (QED) is 0.429. The van der Waals surface area contributed by atoms with Crippen LogP contribution < -0.4 is 0 Å². The minimum Gasteiger partial charge on any atom is -0.377 e. The van der Waals surface area contributed by atoms with E-state index in [2.05, 4.69) is 13.8 Å². The Bertz CT molecular complexity index is 138. The summed E-state index contributed by atoms with van der Waals surface area (Å²) in [6.07, 6.45) is 5.93. The second-order valence-electron chi connectivity index (χ2n) is 3.75. The molecule has 0 aromatic rings. The molecule has 0 bridgehead atoms. The van der Waals surface area contributed by atoms with Crippen molar-refractivity contribution in [3.63, 3.8) is 0 Å². The van der Waals surface area contributed by atoms with E-state index in [0.29, 0.717) is 0 Å². The highest BCUT2D eigenvalue weighted by molar-refractivity contribution is 6.60. The molecule has 0 aliphatic rings. The van der Waals surface area contributed by atoms with Gasteiger partial charge in [0.15, 0.2) is 0 Å². The molecule has 0 unspecified atom stereocenters. The summed E-state index contributed by atoms with van der Waals surface area (Å²) in [6, 6.07) is 0.910. The van der Waals surface area contributed by atoms with Crippen molar-refractivity contribution in [3.05, 3.63) is 0 Å². The Morgan fingerprint density at radius 3 is 2.00 bits per heavy atom. The summed E-state index contributed by atoms with van der Waals surface area (Å²) in [6.45, 7) is 5.11. The molecule has 0 fully saturated rings. The largest absolute Gasteiger partial charge is 0.500 e. The number of unbranched alkanes of at least 4 members (excludes halogenated alkanes) is 3. The van der Waals surface area contributed by atoms with Gasteiger partial charge in [0.25, 0.3) is 0 Å². The average molecular weight is 234 g/mol. The van der Waals surface area contributed by atoms with Crippen LogP contribution in [0, 0.1) is 0 Å². The zero-order valence-corrected chi connectivity index (χ0v) is 11.7. The second-order valence-corrected chi connectivity index (χ2v) is 6.72. The molecule has 0 N–H and O–H groups in total. The van der Waals surface area contributed by atoms with Crippen molar-refractivity contribution in [1.82, 2.24) is 0 Å². The standard InChI is InChI=1S/C11H26O3Si/c1-5-7-8-9-10-14-15(12-3,13-4)11-6-2/h5-11H2,1-4H3. The Balaban J connectivity index is 3.74. The molecule has 0 saturated heterocycles. The van der Waals surface area contributed by atoms with Gasteiger partial charge in [-0.1, -0.05) is 39.5 Å². The summed E-state index contributed by atoms with van der Waals surface area (Å²) >= 11 is 0. The van der Waals surface area contributed by atoms with E-state index < -0.39 is 8.80 Å².